The van der Waals surface area contributed by atoms with Crippen LogP contribution < -0.4 is 0 Å². The molecule has 1 unspecified atom stereocenters. The van der Waals surface area contributed by atoms with Crippen molar-refractivity contribution in [3.63, 3.8) is 0 Å². The van der Waals surface area contributed by atoms with Gasteiger partial charge in [0.2, 0.25) is 11.8 Å². The molecule has 1 aliphatic heterocycles. The Bertz CT molecular complexity index is 856. The van der Waals surface area contributed by atoms with Crippen molar-refractivity contribution in [2.75, 3.05) is 19.6 Å². The third kappa shape index (κ3) is 5.31. The number of amides is 2. The van der Waals surface area contributed by atoms with Crippen molar-refractivity contribution in [1.82, 2.24) is 9.80 Å². The zero-order chi connectivity index (χ0) is 21.7. The summed E-state index contributed by atoms with van der Waals surface area (Å²) < 4.78 is 0. The third-order valence-electron chi connectivity index (χ3n) is 5.69. The van der Waals surface area contributed by atoms with Gasteiger partial charge in [-0.25, -0.2) is 0 Å². The fourth-order valence-corrected chi connectivity index (χ4v) is 5.03. The molecule has 0 spiro atoms. The van der Waals surface area contributed by atoms with Crippen LogP contribution in [0.3, 0.4) is 0 Å². The maximum Gasteiger partial charge on any atom is 0.242 e. The van der Waals surface area contributed by atoms with Crippen LogP contribution in [-0.4, -0.2) is 41.2 Å². The number of rotatable bonds is 8. The molecule has 2 aromatic rings. The number of aryl methyl sites for hydroxylation is 1. The summed E-state index contributed by atoms with van der Waals surface area (Å²) in [4.78, 5) is 31.4. The first kappa shape index (κ1) is 22.5. The zero-order valence-corrected chi connectivity index (χ0v) is 19.5. The predicted octanol–water partition coefficient (Wildman–Crippen LogP) is 5.21. The number of hydrogen-bond acceptors (Lipinski definition) is 3. The standard InChI is InChI=1S/C25H34N2O2S/c1-5-6-7-23(28)26(16-18(2)3)17-24(29)27-14-12-22-21(13-15-30-22)25(27)20-10-8-19(4)9-11-20/h8-11,13,15,18,25H,5-7,12,14,16-17H2,1-4H3. The Hall–Kier alpha value is -2.14. The molecule has 0 radical (unpaired) electrons. The molecule has 2 amide bonds. The quantitative estimate of drug-likeness (QED) is 0.582. The summed E-state index contributed by atoms with van der Waals surface area (Å²) in [5.74, 6) is 0.475. The molecular formula is C25H34N2O2S. The van der Waals surface area contributed by atoms with E-state index in [4.69, 9.17) is 0 Å². The van der Waals surface area contributed by atoms with Gasteiger partial charge in [-0.2, -0.15) is 0 Å². The molecule has 2 heterocycles. The minimum atomic E-state index is -0.0697. The van der Waals surface area contributed by atoms with Gasteiger partial charge in [0.05, 0.1) is 12.6 Å². The van der Waals surface area contributed by atoms with Crippen LogP contribution in [-0.2, 0) is 16.0 Å². The van der Waals surface area contributed by atoms with Crippen LogP contribution in [0.25, 0.3) is 0 Å². The van der Waals surface area contributed by atoms with Crippen molar-refractivity contribution in [2.24, 2.45) is 5.92 Å². The van der Waals surface area contributed by atoms with Crippen LogP contribution in [0.2, 0.25) is 0 Å². The van der Waals surface area contributed by atoms with E-state index in [1.165, 1.54) is 16.0 Å². The maximum atomic E-state index is 13.5. The largest absolute Gasteiger partial charge is 0.333 e. The number of carbonyl (C=O) groups excluding carboxylic acids is 2. The fourth-order valence-electron chi connectivity index (χ4n) is 4.13. The molecule has 4 nitrogen and oxygen atoms in total. The van der Waals surface area contributed by atoms with Crippen LogP contribution in [0, 0.1) is 12.8 Å². The molecule has 0 bridgehead atoms. The van der Waals surface area contributed by atoms with Crippen molar-refractivity contribution in [1.29, 1.82) is 0 Å². The molecule has 3 rings (SSSR count). The van der Waals surface area contributed by atoms with Crippen molar-refractivity contribution >= 4 is 23.2 Å². The van der Waals surface area contributed by atoms with Gasteiger partial charge in [0.1, 0.15) is 0 Å². The highest BCUT2D eigenvalue weighted by molar-refractivity contribution is 7.10. The zero-order valence-electron chi connectivity index (χ0n) is 18.7. The van der Waals surface area contributed by atoms with Gasteiger partial charge in [-0.05, 0) is 48.3 Å². The summed E-state index contributed by atoms with van der Waals surface area (Å²) in [6.45, 7) is 9.85. The summed E-state index contributed by atoms with van der Waals surface area (Å²) in [5, 5.41) is 2.12. The molecule has 30 heavy (non-hydrogen) atoms. The minimum absolute atomic E-state index is 0.0444. The Morgan fingerprint density at radius 3 is 2.60 bits per heavy atom. The van der Waals surface area contributed by atoms with Gasteiger partial charge >= 0.3 is 0 Å². The monoisotopic (exact) mass is 426 g/mol. The second-order valence-corrected chi connectivity index (χ2v) is 9.72. The molecule has 0 aliphatic carbocycles. The molecule has 0 saturated heterocycles. The Balaban J connectivity index is 1.84. The first-order valence-corrected chi connectivity index (χ1v) is 12.0. The Labute approximate surface area is 184 Å². The van der Waals surface area contributed by atoms with E-state index in [0.29, 0.717) is 25.4 Å². The van der Waals surface area contributed by atoms with Gasteiger partial charge in [0, 0.05) is 24.4 Å². The lowest BCUT2D eigenvalue weighted by molar-refractivity contribution is -0.142. The molecule has 5 heteroatoms. The molecule has 0 N–H and O–H groups in total. The van der Waals surface area contributed by atoms with E-state index in [0.717, 1.165) is 24.8 Å². The number of unbranched alkanes of at least 4 members (excludes halogenated alkanes) is 1. The maximum absolute atomic E-state index is 13.5. The van der Waals surface area contributed by atoms with E-state index < -0.39 is 0 Å². The summed E-state index contributed by atoms with van der Waals surface area (Å²) in [7, 11) is 0. The van der Waals surface area contributed by atoms with E-state index in [-0.39, 0.29) is 24.4 Å². The first-order chi connectivity index (χ1) is 14.4. The van der Waals surface area contributed by atoms with E-state index in [9.17, 15) is 9.59 Å². The highest BCUT2D eigenvalue weighted by Gasteiger charge is 2.33. The molecule has 162 valence electrons. The van der Waals surface area contributed by atoms with E-state index in [1.807, 2.05) is 4.90 Å². The van der Waals surface area contributed by atoms with Gasteiger partial charge in [-0.15, -0.1) is 11.3 Å². The number of thiophene rings is 1. The lowest BCUT2D eigenvalue weighted by Gasteiger charge is -2.38. The number of benzene rings is 1. The molecular weight excluding hydrogens is 392 g/mol. The van der Waals surface area contributed by atoms with Gasteiger partial charge < -0.3 is 9.80 Å². The lowest BCUT2D eigenvalue weighted by atomic mass is 9.92. The molecule has 1 atom stereocenters. The van der Waals surface area contributed by atoms with Gasteiger partial charge in [-0.3, -0.25) is 9.59 Å². The second-order valence-electron chi connectivity index (χ2n) is 8.72. The van der Waals surface area contributed by atoms with Gasteiger partial charge in [0.15, 0.2) is 0 Å². The van der Waals surface area contributed by atoms with Gasteiger partial charge in [0.25, 0.3) is 0 Å². The Kier molecular flexibility index (Phi) is 7.70. The minimum Gasteiger partial charge on any atom is -0.333 e. The molecule has 1 aromatic heterocycles. The van der Waals surface area contributed by atoms with Gasteiger partial charge in [-0.1, -0.05) is 57.0 Å². The van der Waals surface area contributed by atoms with E-state index in [1.54, 1.807) is 16.2 Å². The van der Waals surface area contributed by atoms with E-state index >= 15 is 0 Å². The van der Waals surface area contributed by atoms with Crippen LogP contribution in [0.1, 0.15) is 67.6 Å². The van der Waals surface area contributed by atoms with E-state index in [2.05, 4.69) is 63.4 Å². The third-order valence-corrected chi connectivity index (χ3v) is 6.68. The lowest BCUT2D eigenvalue weighted by Crippen LogP contribution is -2.47. The number of fused-ring (bicyclic) bond motifs is 1. The summed E-state index contributed by atoms with van der Waals surface area (Å²) in [6, 6.07) is 10.6. The normalized spacial score (nSPS) is 15.9. The van der Waals surface area contributed by atoms with Crippen LogP contribution in [0.15, 0.2) is 35.7 Å². The second kappa shape index (κ2) is 10.3. The number of nitrogens with zero attached hydrogens (tertiary/aromatic N) is 2. The smallest absolute Gasteiger partial charge is 0.242 e. The highest BCUT2D eigenvalue weighted by Crippen LogP contribution is 2.38. The first-order valence-electron chi connectivity index (χ1n) is 11.1. The van der Waals surface area contributed by atoms with Crippen LogP contribution >= 0.6 is 11.3 Å². The molecule has 0 saturated carbocycles. The number of carbonyl (C=O) groups is 2. The van der Waals surface area contributed by atoms with Crippen LogP contribution in [0.4, 0.5) is 0 Å². The SMILES string of the molecule is CCCCC(=O)N(CC(=O)N1CCc2sccc2C1c1ccc(C)cc1)CC(C)C. The van der Waals surface area contributed by atoms with Crippen LogP contribution in [0.5, 0.6) is 0 Å². The average Bonchev–Trinajstić information content (AvgIpc) is 3.20. The summed E-state index contributed by atoms with van der Waals surface area (Å²) in [5.41, 5.74) is 3.58. The molecule has 1 aromatic carbocycles. The molecule has 0 fully saturated rings. The Morgan fingerprint density at radius 2 is 1.93 bits per heavy atom. The fraction of sp³-hybridized carbons (Fsp3) is 0.520. The Morgan fingerprint density at radius 1 is 1.20 bits per heavy atom. The van der Waals surface area contributed by atoms with Crippen molar-refractivity contribution in [3.8, 4) is 0 Å². The molecule has 1 aliphatic rings. The summed E-state index contributed by atoms with van der Waals surface area (Å²) >= 11 is 1.77. The highest BCUT2D eigenvalue weighted by atomic mass is 32.1. The average molecular weight is 427 g/mol. The predicted molar refractivity (Wildman–Crippen MR) is 124 cm³/mol. The number of hydrogen-bond donors (Lipinski definition) is 0. The van der Waals surface area contributed by atoms with Crippen molar-refractivity contribution < 1.29 is 9.59 Å². The topological polar surface area (TPSA) is 40.6 Å². The van der Waals surface area contributed by atoms with Crippen molar-refractivity contribution in [3.05, 3.63) is 57.3 Å². The summed E-state index contributed by atoms with van der Waals surface area (Å²) in [6.07, 6.45) is 3.26. The van der Waals surface area contributed by atoms with Crippen molar-refractivity contribution in [2.45, 2.75) is 59.4 Å².